The molecule has 0 bridgehead atoms. The van der Waals surface area contributed by atoms with Gasteiger partial charge in [-0.15, -0.1) is 0 Å². The first-order valence-electron chi connectivity index (χ1n) is 7.60. The topological polar surface area (TPSA) is 38.3 Å². The van der Waals surface area contributed by atoms with Crippen molar-refractivity contribution in [2.45, 2.75) is 45.9 Å². The second-order valence-electron chi connectivity index (χ2n) is 5.58. The molecule has 0 fully saturated rings. The zero-order valence-corrected chi connectivity index (χ0v) is 14.0. The number of benzene rings is 1. The molecule has 0 spiro atoms. The smallest absolute Gasteiger partial charge is 0.220 e. The van der Waals surface area contributed by atoms with E-state index < -0.39 is 0 Å². The van der Waals surface area contributed by atoms with Crippen LogP contribution in [0.15, 0.2) is 41.1 Å². The second kappa shape index (κ2) is 8.71. The van der Waals surface area contributed by atoms with Crippen molar-refractivity contribution in [3.63, 3.8) is 0 Å². The van der Waals surface area contributed by atoms with Gasteiger partial charge < -0.3 is 10.1 Å². The van der Waals surface area contributed by atoms with Crippen LogP contribution in [0.25, 0.3) is 0 Å². The molecule has 1 N–H and O–H groups in total. The zero-order valence-electron chi connectivity index (χ0n) is 13.2. The predicted molar refractivity (Wildman–Crippen MR) is 90.9 cm³/mol. The van der Waals surface area contributed by atoms with Gasteiger partial charge in [-0.25, -0.2) is 0 Å². The Morgan fingerprint density at radius 1 is 1.14 bits per heavy atom. The molecule has 0 radical (unpaired) electrons. The fourth-order valence-electron chi connectivity index (χ4n) is 2.00. The average Bonchev–Trinajstić information content (AvgIpc) is 3.03. The molecule has 0 aliphatic rings. The number of carbonyl (C=O) groups is 1. The van der Waals surface area contributed by atoms with Crippen molar-refractivity contribution < 1.29 is 9.53 Å². The largest absolute Gasteiger partial charge is 0.374 e. The highest BCUT2D eigenvalue weighted by Gasteiger charge is 2.03. The van der Waals surface area contributed by atoms with E-state index >= 15 is 0 Å². The van der Waals surface area contributed by atoms with Crippen molar-refractivity contribution >= 4 is 17.2 Å². The lowest BCUT2D eigenvalue weighted by atomic mass is 10.1. The number of ether oxygens (including phenoxy) is 1. The molecule has 1 amide bonds. The number of hydrogen-bond donors (Lipinski definition) is 1. The van der Waals surface area contributed by atoms with E-state index in [0.29, 0.717) is 19.6 Å². The maximum atomic E-state index is 11.8. The summed E-state index contributed by atoms with van der Waals surface area (Å²) in [4.78, 5) is 11.8. The number of thiophene rings is 1. The van der Waals surface area contributed by atoms with E-state index in [1.165, 1.54) is 5.56 Å². The lowest BCUT2D eigenvalue weighted by Gasteiger charge is -2.09. The van der Waals surface area contributed by atoms with Gasteiger partial charge in [0.2, 0.25) is 5.91 Å². The van der Waals surface area contributed by atoms with E-state index in [2.05, 4.69) is 28.9 Å². The van der Waals surface area contributed by atoms with Crippen LogP contribution in [0.1, 0.15) is 37.0 Å². The first-order valence-corrected chi connectivity index (χ1v) is 8.55. The van der Waals surface area contributed by atoms with Crippen molar-refractivity contribution in [1.29, 1.82) is 0 Å². The monoisotopic (exact) mass is 317 g/mol. The molecule has 0 atom stereocenters. The highest BCUT2D eigenvalue weighted by molar-refractivity contribution is 7.07. The van der Waals surface area contributed by atoms with Gasteiger partial charge in [0.25, 0.3) is 0 Å². The van der Waals surface area contributed by atoms with Gasteiger partial charge in [0.1, 0.15) is 0 Å². The van der Waals surface area contributed by atoms with E-state index in [0.717, 1.165) is 17.5 Å². The van der Waals surface area contributed by atoms with Crippen molar-refractivity contribution in [2.75, 3.05) is 0 Å². The highest BCUT2D eigenvalue weighted by atomic mass is 32.1. The van der Waals surface area contributed by atoms with Crippen molar-refractivity contribution in [1.82, 2.24) is 5.32 Å². The molecule has 1 aromatic heterocycles. The van der Waals surface area contributed by atoms with Crippen LogP contribution in [0.5, 0.6) is 0 Å². The predicted octanol–water partition coefficient (Wildman–Crippen LogP) is 3.92. The molecule has 4 heteroatoms. The summed E-state index contributed by atoms with van der Waals surface area (Å²) < 4.78 is 5.56. The Morgan fingerprint density at radius 2 is 1.86 bits per heavy atom. The lowest BCUT2D eigenvalue weighted by molar-refractivity contribution is -0.121. The fourth-order valence-corrected chi connectivity index (χ4v) is 2.70. The quantitative estimate of drug-likeness (QED) is 0.801. The second-order valence-corrected chi connectivity index (χ2v) is 6.36. The third-order valence-electron chi connectivity index (χ3n) is 3.32. The number of amides is 1. The molecule has 22 heavy (non-hydrogen) atoms. The Bertz CT molecular complexity index is 561. The maximum absolute atomic E-state index is 11.8. The third kappa shape index (κ3) is 6.00. The normalized spacial score (nSPS) is 10.9. The number of hydrogen-bond acceptors (Lipinski definition) is 3. The molecular weight excluding hydrogens is 294 g/mol. The van der Waals surface area contributed by atoms with Crippen LogP contribution in [0, 0.1) is 0 Å². The summed E-state index contributed by atoms with van der Waals surface area (Å²) in [7, 11) is 0. The standard InChI is InChI=1S/C18H23NO2S/c1-14(2)21-12-16-5-3-15(4-6-16)11-19-18(20)8-7-17-9-10-22-13-17/h3-6,9-10,13-14H,7-8,11-12H2,1-2H3,(H,19,20). The third-order valence-corrected chi connectivity index (χ3v) is 4.05. The SMILES string of the molecule is CC(C)OCc1ccc(CNC(=O)CCc2ccsc2)cc1. The number of carbonyl (C=O) groups excluding carboxylic acids is 1. The highest BCUT2D eigenvalue weighted by Crippen LogP contribution is 2.09. The van der Waals surface area contributed by atoms with Gasteiger partial charge in [0.05, 0.1) is 12.7 Å². The molecule has 3 nitrogen and oxygen atoms in total. The summed E-state index contributed by atoms with van der Waals surface area (Å²) in [6.07, 6.45) is 1.58. The van der Waals surface area contributed by atoms with Crippen LogP contribution in [0.3, 0.4) is 0 Å². The van der Waals surface area contributed by atoms with Gasteiger partial charge in [0, 0.05) is 13.0 Å². The van der Waals surface area contributed by atoms with Crippen LogP contribution >= 0.6 is 11.3 Å². The summed E-state index contributed by atoms with van der Waals surface area (Å²) in [6.45, 7) is 5.26. The molecular formula is C18H23NO2S. The van der Waals surface area contributed by atoms with Gasteiger partial charge >= 0.3 is 0 Å². The van der Waals surface area contributed by atoms with Gasteiger partial charge in [-0.1, -0.05) is 24.3 Å². The van der Waals surface area contributed by atoms with Crippen LogP contribution in [0.2, 0.25) is 0 Å². The first-order chi connectivity index (χ1) is 10.6. The summed E-state index contributed by atoms with van der Waals surface area (Å²) in [5.74, 6) is 0.0958. The van der Waals surface area contributed by atoms with Gasteiger partial charge in [0.15, 0.2) is 0 Å². The molecule has 118 valence electrons. The minimum atomic E-state index is 0.0958. The summed E-state index contributed by atoms with van der Waals surface area (Å²) in [5, 5.41) is 7.09. The molecule has 2 rings (SSSR count). The molecule has 1 heterocycles. The van der Waals surface area contributed by atoms with Crippen LogP contribution in [-0.4, -0.2) is 12.0 Å². The minimum Gasteiger partial charge on any atom is -0.374 e. The average molecular weight is 317 g/mol. The summed E-state index contributed by atoms with van der Waals surface area (Å²) >= 11 is 1.67. The van der Waals surface area contributed by atoms with Crippen LogP contribution in [0.4, 0.5) is 0 Å². The van der Waals surface area contributed by atoms with Gasteiger partial charge in [-0.2, -0.15) is 11.3 Å². The number of rotatable bonds is 8. The molecule has 2 aromatic rings. The van der Waals surface area contributed by atoms with E-state index in [9.17, 15) is 4.79 Å². The van der Waals surface area contributed by atoms with E-state index in [1.807, 2.05) is 31.4 Å². The zero-order chi connectivity index (χ0) is 15.8. The summed E-state index contributed by atoms with van der Waals surface area (Å²) in [5.41, 5.74) is 3.49. The Morgan fingerprint density at radius 3 is 2.50 bits per heavy atom. The Hall–Kier alpha value is -1.65. The number of aryl methyl sites for hydroxylation is 1. The Labute approximate surface area is 136 Å². The van der Waals surface area contributed by atoms with E-state index in [-0.39, 0.29) is 12.0 Å². The Balaban J connectivity index is 1.70. The van der Waals surface area contributed by atoms with E-state index in [4.69, 9.17) is 4.74 Å². The van der Waals surface area contributed by atoms with Crippen LogP contribution < -0.4 is 5.32 Å². The Kier molecular flexibility index (Phi) is 6.62. The fraction of sp³-hybridized carbons (Fsp3) is 0.389. The van der Waals surface area contributed by atoms with E-state index in [1.54, 1.807) is 11.3 Å². The molecule has 1 aromatic carbocycles. The number of nitrogens with one attached hydrogen (secondary N) is 1. The first kappa shape index (κ1) is 16.7. The van der Waals surface area contributed by atoms with Crippen molar-refractivity contribution in [3.05, 3.63) is 57.8 Å². The summed E-state index contributed by atoms with van der Waals surface area (Å²) in [6, 6.07) is 10.2. The molecule has 0 saturated heterocycles. The van der Waals surface area contributed by atoms with Gasteiger partial charge in [-0.3, -0.25) is 4.79 Å². The van der Waals surface area contributed by atoms with Gasteiger partial charge in [-0.05, 0) is 53.8 Å². The molecule has 0 aliphatic heterocycles. The minimum absolute atomic E-state index is 0.0958. The van der Waals surface area contributed by atoms with Crippen LogP contribution in [-0.2, 0) is 29.1 Å². The van der Waals surface area contributed by atoms with Crippen molar-refractivity contribution in [3.8, 4) is 0 Å². The lowest BCUT2D eigenvalue weighted by Crippen LogP contribution is -2.22. The molecule has 0 saturated carbocycles. The molecule has 0 unspecified atom stereocenters. The maximum Gasteiger partial charge on any atom is 0.220 e. The molecule has 0 aliphatic carbocycles. The van der Waals surface area contributed by atoms with Crippen molar-refractivity contribution in [2.24, 2.45) is 0 Å².